The number of fused-ring (bicyclic) bond motifs is 1. The number of piperidine rings is 1. The highest BCUT2D eigenvalue weighted by Gasteiger charge is 2.31. The van der Waals surface area contributed by atoms with Gasteiger partial charge in [0.15, 0.2) is 5.82 Å². The van der Waals surface area contributed by atoms with E-state index >= 15 is 0 Å². The minimum atomic E-state index is -0.509. The molecule has 1 aliphatic carbocycles. The third-order valence-corrected chi connectivity index (χ3v) is 5.12. The lowest BCUT2D eigenvalue weighted by molar-refractivity contribution is 0.00340. The number of benzene rings is 1. The van der Waals surface area contributed by atoms with E-state index in [0.717, 1.165) is 43.1 Å². The van der Waals surface area contributed by atoms with Gasteiger partial charge in [-0.2, -0.15) is 0 Å². The number of likely N-dealkylation sites (tertiary alicyclic amines) is 1. The number of anilines is 1. The highest BCUT2D eigenvalue weighted by Crippen LogP contribution is 2.30. The number of hydrogen-bond acceptors (Lipinski definition) is 6. The number of nitrogens with one attached hydrogen (secondary N) is 1. The Hall–Kier alpha value is -2.57. The third-order valence-electron chi connectivity index (χ3n) is 5.12. The lowest BCUT2D eigenvalue weighted by atomic mass is 10.0. The Labute approximate surface area is 171 Å². The Morgan fingerprint density at radius 1 is 1.14 bits per heavy atom. The topological polar surface area (TPSA) is 76.6 Å². The van der Waals surface area contributed by atoms with Gasteiger partial charge < -0.3 is 19.7 Å². The molecule has 0 bridgehead atoms. The van der Waals surface area contributed by atoms with Crippen LogP contribution >= 0.6 is 0 Å². The molecule has 0 spiro atoms. The first-order chi connectivity index (χ1) is 13.9. The summed E-state index contributed by atoms with van der Waals surface area (Å²) in [5, 5.41) is 3.43. The smallest absolute Gasteiger partial charge is 0.410 e. The first-order valence-corrected chi connectivity index (χ1v) is 10.5. The van der Waals surface area contributed by atoms with E-state index in [9.17, 15) is 4.79 Å². The molecule has 1 amide bonds. The number of carbonyl (C=O) groups excluding carboxylic acids is 1. The van der Waals surface area contributed by atoms with E-state index in [1.165, 1.54) is 0 Å². The number of nitrogens with zero attached hydrogens (tertiary/aromatic N) is 3. The van der Waals surface area contributed by atoms with E-state index in [-0.39, 0.29) is 12.1 Å². The van der Waals surface area contributed by atoms with Crippen molar-refractivity contribution in [2.75, 3.05) is 18.5 Å². The molecule has 1 aromatic heterocycles. The molecule has 2 heterocycles. The number of hydrogen-bond donors (Lipinski definition) is 1. The van der Waals surface area contributed by atoms with Gasteiger partial charge in [-0.25, -0.2) is 14.8 Å². The van der Waals surface area contributed by atoms with Crippen molar-refractivity contribution < 1.29 is 14.3 Å². The molecular weight excluding hydrogens is 368 g/mol. The number of rotatable bonds is 5. The molecule has 1 saturated carbocycles. The second kappa shape index (κ2) is 8.05. The lowest BCUT2D eigenvalue weighted by Crippen LogP contribution is -2.48. The minimum absolute atomic E-state index is 0.0272. The molecule has 0 unspecified atom stereocenters. The van der Waals surface area contributed by atoms with Gasteiger partial charge in [0.25, 0.3) is 5.88 Å². The molecule has 2 fully saturated rings. The van der Waals surface area contributed by atoms with Crippen LogP contribution in [0.5, 0.6) is 5.88 Å². The first kappa shape index (κ1) is 19.7. The molecule has 7 nitrogen and oxygen atoms in total. The SMILES string of the molecule is CC(C)(C)OC(=O)N1CCCC[C@@H]1COc1nc2ccccc2nc1NC1CC1. The molecule has 7 heteroatoms. The fourth-order valence-corrected chi connectivity index (χ4v) is 3.51. The number of carbonyl (C=O) groups is 1. The number of para-hydroxylation sites is 2. The molecule has 29 heavy (non-hydrogen) atoms. The van der Waals surface area contributed by atoms with Crippen LogP contribution in [0.15, 0.2) is 24.3 Å². The van der Waals surface area contributed by atoms with Crippen molar-refractivity contribution in [3.05, 3.63) is 24.3 Å². The Bertz CT molecular complexity index is 876. The zero-order valence-electron chi connectivity index (χ0n) is 17.5. The molecule has 2 aromatic rings. The molecule has 0 radical (unpaired) electrons. The quantitative estimate of drug-likeness (QED) is 0.806. The van der Waals surface area contributed by atoms with Gasteiger partial charge in [-0.05, 0) is 65.0 Å². The fraction of sp³-hybridized carbons (Fsp3) is 0.591. The highest BCUT2D eigenvalue weighted by atomic mass is 16.6. The van der Waals surface area contributed by atoms with E-state index in [1.54, 1.807) is 4.90 Å². The van der Waals surface area contributed by atoms with Gasteiger partial charge in [-0.3, -0.25) is 0 Å². The summed E-state index contributed by atoms with van der Waals surface area (Å²) in [5.41, 5.74) is 1.14. The molecule has 1 saturated heterocycles. The zero-order chi connectivity index (χ0) is 20.4. The summed E-state index contributed by atoms with van der Waals surface area (Å²) in [6.45, 7) is 6.74. The Morgan fingerprint density at radius 3 is 2.55 bits per heavy atom. The van der Waals surface area contributed by atoms with Crippen molar-refractivity contribution in [3.63, 3.8) is 0 Å². The summed E-state index contributed by atoms with van der Waals surface area (Å²) in [6, 6.07) is 8.21. The van der Waals surface area contributed by atoms with Gasteiger partial charge in [-0.15, -0.1) is 0 Å². The van der Waals surface area contributed by atoms with Crippen LogP contribution in [0.3, 0.4) is 0 Å². The van der Waals surface area contributed by atoms with E-state index < -0.39 is 5.60 Å². The van der Waals surface area contributed by atoms with Crippen molar-refractivity contribution in [2.24, 2.45) is 0 Å². The van der Waals surface area contributed by atoms with Crippen LogP contribution in [-0.4, -0.2) is 51.8 Å². The van der Waals surface area contributed by atoms with Gasteiger partial charge in [0, 0.05) is 12.6 Å². The molecular formula is C22H30N4O3. The van der Waals surface area contributed by atoms with Gasteiger partial charge in [-0.1, -0.05) is 12.1 Å². The fourth-order valence-electron chi connectivity index (χ4n) is 3.51. The maximum atomic E-state index is 12.6. The zero-order valence-corrected chi connectivity index (χ0v) is 17.5. The monoisotopic (exact) mass is 398 g/mol. The van der Waals surface area contributed by atoms with Crippen molar-refractivity contribution in [1.29, 1.82) is 0 Å². The number of amides is 1. The van der Waals surface area contributed by atoms with E-state index in [1.807, 2.05) is 45.0 Å². The van der Waals surface area contributed by atoms with Crippen LogP contribution in [0.4, 0.5) is 10.6 Å². The Morgan fingerprint density at radius 2 is 1.86 bits per heavy atom. The van der Waals surface area contributed by atoms with Crippen molar-refractivity contribution >= 4 is 22.9 Å². The summed E-state index contributed by atoms with van der Waals surface area (Å²) in [7, 11) is 0. The third kappa shape index (κ3) is 5.08. The lowest BCUT2D eigenvalue weighted by Gasteiger charge is -2.36. The largest absolute Gasteiger partial charge is 0.473 e. The van der Waals surface area contributed by atoms with Crippen molar-refractivity contribution in [1.82, 2.24) is 14.9 Å². The predicted molar refractivity (Wildman–Crippen MR) is 112 cm³/mol. The number of aromatic nitrogens is 2. The van der Waals surface area contributed by atoms with E-state index in [0.29, 0.717) is 30.9 Å². The highest BCUT2D eigenvalue weighted by molar-refractivity contribution is 5.77. The summed E-state index contributed by atoms with van der Waals surface area (Å²) >= 11 is 0. The Kier molecular flexibility index (Phi) is 5.48. The van der Waals surface area contributed by atoms with E-state index in [2.05, 4.69) is 10.3 Å². The van der Waals surface area contributed by atoms with E-state index in [4.69, 9.17) is 14.5 Å². The average molecular weight is 399 g/mol. The first-order valence-electron chi connectivity index (χ1n) is 10.5. The van der Waals surface area contributed by atoms with Gasteiger partial charge in [0.1, 0.15) is 12.2 Å². The minimum Gasteiger partial charge on any atom is -0.473 e. The van der Waals surface area contributed by atoms with Crippen LogP contribution < -0.4 is 10.1 Å². The maximum absolute atomic E-state index is 12.6. The van der Waals surface area contributed by atoms with Crippen LogP contribution in [0, 0.1) is 0 Å². The standard InChI is InChI=1S/C22H30N4O3/c1-22(2,3)29-21(27)26-13-7-6-8-16(26)14-28-20-19(23-15-11-12-15)24-17-9-4-5-10-18(17)25-20/h4-5,9-10,15-16H,6-8,11-14H2,1-3H3,(H,23,24)/t16-/m1/s1. The van der Waals surface area contributed by atoms with Crippen LogP contribution in [0.2, 0.25) is 0 Å². The van der Waals surface area contributed by atoms with Crippen LogP contribution in [0.25, 0.3) is 11.0 Å². The molecule has 1 aromatic carbocycles. The summed E-state index contributed by atoms with van der Waals surface area (Å²) < 4.78 is 11.7. The van der Waals surface area contributed by atoms with Gasteiger partial charge in [0.05, 0.1) is 17.1 Å². The second-order valence-corrected chi connectivity index (χ2v) is 8.92. The van der Waals surface area contributed by atoms with Crippen molar-refractivity contribution in [2.45, 2.75) is 70.6 Å². The molecule has 4 rings (SSSR count). The van der Waals surface area contributed by atoms with Gasteiger partial charge in [0.2, 0.25) is 0 Å². The average Bonchev–Trinajstić information content (AvgIpc) is 3.49. The summed E-state index contributed by atoms with van der Waals surface area (Å²) in [4.78, 5) is 23.8. The maximum Gasteiger partial charge on any atom is 0.410 e. The molecule has 1 N–H and O–H groups in total. The van der Waals surface area contributed by atoms with Crippen LogP contribution in [-0.2, 0) is 4.74 Å². The van der Waals surface area contributed by atoms with Crippen molar-refractivity contribution in [3.8, 4) is 5.88 Å². The Balaban J connectivity index is 1.50. The second-order valence-electron chi connectivity index (χ2n) is 8.92. The number of ether oxygens (including phenoxy) is 2. The van der Waals surface area contributed by atoms with Gasteiger partial charge >= 0.3 is 6.09 Å². The molecule has 1 aliphatic heterocycles. The predicted octanol–water partition coefficient (Wildman–Crippen LogP) is 4.37. The summed E-state index contributed by atoms with van der Waals surface area (Å²) in [6.07, 6.45) is 4.97. The normalized spacial score (nSPS) is 19.8. The van der Waals surface area contributed by atoms with Crippen LogP contribution in [0.1, 0.15) is 52.9 Å². The summed E-state index contributed by atoms with van der Waals surface area (Å²) in [5.74, 6) is 1.19. The molecule has 156 valence electrons. The molecule has 2 aliphatic rings. The molecule has 1 atom stereocenters.